The van der Waals surface area contributed by atoms with Gasteiger partial charge in [-0.05, 0) is 37.5 Å². The zero-order chi connectivity index (χ0) is 18.2. The highest BCUT2D eigenvalue weighted by Crippen LogP contribution is 2.24. The predicted octanol–water partition coefficient (Wildman–Crippen LogP) is 3.72. The second-order valence-electron chi connectivity index (χ2n) is 8.08. The molecule has 1 aromatic rings. The highest BCUT2D eigenvalue weighted by molar-refractivity contribution is 14.0. The summed E-state index contributed by atoms with van der Waals surface area (Å²) in [6, 6.07) is 0. The van der Waals surface area contributed by atoms with Crippen LogP contribution in [0.25, 0.3) is 0 Å². The number of nitrogens with zero attached hydrogens (tertiary/aromatic N) is 5. The van der Waals surface area contributed by atoms with Crippen molar-refractivity contribution in [3.63, 3.8) is 0 Å². The van der Waals surface area contributed by atoms with Gasteiger partial charge in [-0.2, -0.15) is 0 Å². The minimum atomic E-state index is 0. The molecule has 1 atom stereocenters. The second kappa shape index (κ2) is 11.9. The minimum Gasteiger partial charge on any atom is -0.354 e. The van der Waals surface area contributed by atoms with Crippen molar-refractivity contribution in [2.24, 2.45) is 16.8 Å². The fraction of sp³-hybridized carbons (Fsp3) is 0.850. The smallest absolute Gasteiger partial charge is 0.194 e. The Hall–Kier alpha value is -0.860. The Morgan fingerprint density at radius 1 is 1.22 bits per heavy atom. The van der Waals surface area contributed by atoms with Crippen molar-refractivity contribution in [3.8, 4) is 0 Å². The Labute approximate surface area is 181 Å². The first kappa shape index (κ1) is 22.4. The number of hydrogen-bond donors (Lipinski definition) is 1. The van der Waals surface area contributed by atoms with Crippen LogP contribution in [0.5, 0.6) is 0 Å². The number of aliphatic imine (C=N–C) groups is 1. The molecule has 2 heterocycles. The molecule has 0 amide bonds. The van der Waals surface area contributed by atoms with E-state index in [2.05, 4.69) is 38.8 Å². The van der Waals surface area contributed by atoms with Crippen LogP contribution in [0.15, 0.2) is 11.3 Å². The van der Waals surface area contributed by atoms with Gasteiger partial charge < -0.3 is 14.8 Å². The quantitative estimate of drug-likeness (QED) is 0.377. The van der Waals surface area contributed by atoms with E-state index in [-0.39, 0.29) is 24.0 Å². The number of guanidine groups is 1. The van der Waals surface area contributed by atoms with Crippen LogP contribution in [-0.4, -0.2) is 51.8 Å². The molecule has 0 spiro atoms. The van der Waals surface area contributed by atoms with Crippen molar-refractivity contribution >= 4 is 29.9 Å². The molecule has 3 rings (SSSR count). The van der Waals surface area contributed by atoms with E-state index in [0.29, 0.717) is 0 Å². The van der Waals surface area contributed by atoms with Gasteiger partial charge in [0.2, 0.25) is 0 Å². The first-order chi connectivity index (χ1) is 12.8. The van der Waals surface area contributed by atoms with Crippen LogP contribution in [0, 0.1) is 11.8 Å². The van der Waals surface area contributed by atoms with E-state index in [1.807, 2.05) is 6.33 Å². The van der Waals surface area contributed by atoms with Gasteiger partial charge in [-0.15, -0.1) is 34.2 Å². The molecule has 154 valence electrons. The molecule has 0 radical (unpaired) electrons. The van der Waals surface area contributed by atoms with Gasteiger partial charge in [-0.3, -0.25) is 4.99 Å². The molecule has 7 heteroatoms. The molecular weight excluding hydrogens is 451 g/mol. The number of aryl methyl sites for hydroxylation is 1. The van der Waals surface area contributed by atoms with Crippen LogP contribution in [0.1, 0.15) is 64.6 Å². The zero-order valence-corrected chi connectivity index (χ0v) is 19.4. The predicted molar refractivity (Wildman–Crippen MR) is 122 cm³/mol. The maximum Gasteiger partial charge on any atom is 0.194 e. The van der Waals surface area contributed by atoms with Crippen LogP contribution in [0.3, 0.4) is 0 Å². The first-order valence-corrected chi connectivity index (χ1v) is 10.7. The first-order valence-electron chi connectivity index (χ1n) is 10.7. The molecule has 2 fully saturated rings. The van der Waals surface area contributed by atoms with Crippen molar-refractivity contribution < 1.29 is 0 Å². The van der Waals surface area contributed by atoms with Crippen LogP contribution >= 0.6 is 24.0 Å². The van der Waals surface area contributed by atoms with Gasteiger partial charge >= 0.3 is 0 Å². The van der Waals surface area contributed by atoms with Crippen molar-refractivity contribution in [2.75, 3.05) is 26.2 Å². The van der Waals surface area contributed by atoms with Gasteiger partial charge in [0.15, 0.2) is 5.96 Å². The third-order valence-electron chi connectivity index (χ3n) is 5.83. The van der Waals surface area contributed by atoms with Crippen molar-refractivity contribution in [1.29, 1.82) is 0 Å². The lowest BCUT2D eigenvalue weighted by Gasteiger charge is -2.34. The number of hydrogen-bond acceptors (Lipinski definition) is 3. The topological polar surface area (TPSA) is 58.3 Å². The lowest BCUT2D eigenvalue weighted by molar-refractivity contribution is 0.264. The summed E-state index contributed by atoms with van der Waals surface area (Å²) < 4.78 is 2.14. The summed E-state index contributed by atoms with van der Waals surface area (Å²) in [6.45, 7) is 9.49. The number of rotatable bonds is 6. The van der Waals surface area contributed by atoms with Gasteiger partial charge in [0.25, 0.3) is 0 Å². The van der Waals surface area contributed by atoms with E-state index < -0.39 is 0 Å². The van der Waals surface area contributed by atoms with Crippen molar-refractivity contribution in [1.82, 2.24) is 25.0 Å². The maximum absolute atomic E-state index is 5.06. The molecule has 1 aliphatic heterocycles. The van der Waals surface area contributed by atoms with E-state index in [4.69, 9.17) is 4.99 Å². The van der Waals surface area contributed by atoms with Crippen LogP contribution < -0.4 is 5.32 Å². The van der Waals surface area contributed by atoms with Crippen molar-refractivity contribution in [3.05, 3.63) is 12.2 Å². The average molecular weight is 488 g/mol. The molecule has 0 bridgehead atoms. The molecule has 6 nitrogen and oxygen atoms in total. The number of aromatic nitrogens is 3. The Balaban J connectivity index is 0.00000261. The maximum atomic E-state index is 5.06. The second-order valence-corrected chi connectivity index (χ2v) is 8.08. The zero-order valence-electron chi connectivity index (χ0n) is 17.1. The highest BCUT2D eigenvalue weighted by atomic mass is 127. The van der Waals surface area contributed by atoms with E-state index in [9.17, 15) is 0 Å². The molecule has 1 aromatic heterocycles. The Kier molecular flexibility index (Phi) is 9.86. The molecule has 1 N–H and O–H groups in total. The standard InChI is InChI=1S/C20H36N6.HI/c1-3-19-24-23-16-26(19)13-11-21-20(25-12-7-8-17(2)15-25)22-14-18-9-5-4-6-10-18;/h16-18H,3-15H2,1-2H3,(H,21,22);1H. The lowest BCUT2D eigenvalue weighted by atomic mass is 9.89. The molecule has 1 saturated heterocycles. The molecule has 0 aromatic carbocycles. The van der Waals surface area contributed by atoms with Gasteiger partial charge in [-0.1, -0.05) is 33.1 Å². The Morgan fingerprint density at radius 3 is 2.78 bits per heavy atom. The molecule has 1 aliphatic carbocycles. The minimum absolute atomic E-state index is 0. The van der Waals surface area contributed by atoms with E-state index in [1.165, 1.54) is 44.9 Å². The van der Waals surface area contributed by atoms with Crippen LogP contribution in [0.2, 0.25) is 0 Å². The number of nitrogens with one attached hydrogen (secondary N) is 1. The largest absolute Gasteiger partial charge is 0.354 e. The third-order valence-corrected chi connectivity index (χ3v) is 5.83. The Morgan fingerprint density at radius 2 is 2.04 bits per heavy atom. The van der Waals surface area contributed by atoms with Gasteiger partial charge in [-0.25, -0.2) is 0 Å². The van der Waals surface area contributed by atoms with E-state index >= 15 is 0 Å². The van der Waals surface area contributed by atoms with Crippen molar-refractivity contribution in [2.45, 2.75) is 71.8 Å². The summed E-state index contributed by atoms with van der Waals surface area (Å²) in [7, 11) is 0. The number of likely N-dealkylation sites (tertiary alicyclic amines) is 1. The van der Waals surface area contributed by atoms with Crippen LogP contribution in [-0.2, 0) is 13.0 Å². The summed E-state index contributed by atoms with van der Waals surface area (Å²) in [4.78, 5) is 7.53. The summed E-state index contributed by atoms with van der Waals surface area (Å²) in [5, 5.41) is 11.8. The fourth-order valence-corrected chi connectivity index (χ4v) is 4.26. The molecule has 1 saturated carbocycles. The summed E-state index contributed by atoms with van der Waals surface area (Å²) in [6.07, 6.45) is 12.3. The Bertz CT molecular complexity index is 567. The summed E-state index contributed by atoms with van der Waals surface area (Å²) >= 11 is 0. The number of piperidine rings is 1. The summed E-state index contributed by atoms with van der Waals surface area (Å²) in [5.41, 5.74) is 0. The molecule has 2 aliphatic rings. The van der Waals surface area contributed by atoms with E-state index in [0.717, 1.165) is 62.8 Å². The SMILES string of the molecule is CCc1nncn1CCNC(=NCC1CCCCC1)N1CCCC(C)C1.I. The highest BCUT2D eigenvalue weighted by Gasteiger charge is 2.20. The van der Waals surface area contributed by atoms with Gasteiger partial charge in [0.1, 0.15) is 12.2 Å². The van der Waals surface area contributed by atoms with Crippen LogP contribution in [0.4, 0.5) is 0 Å². The van der Waals surface area contributed by atoms with E-state index in [1.54, 1.807) is 0 Å². The molecular formula is C20H37IN6. The fourth-order valence-electron chi connectivity index (χ4n) is 4.26. The normalized spacial score (nSPS) is 21.8. The van der Waals surface area contributed by atoms with Gasteiger partial charge in [0, 0.05) is 39.1 Å². The number of halogens is 1. The average Bonchev–Trinajstić information content (AvgIpc) is 3.13. The monoisotopic (exact) mass is 488 g/mol. The third kappa shape index (κ3) is 6.91. The molecule has 1 unspecified atom stereocenters. The lowest BCUT2D eigenvalue weighted by Crippen LogP contribution is -2.47. The van der Waals surface area contributed by atoms with Gasteiger partial charge in [0.05, 0.1) is 0 Å². The summed E-state index contributed by atoms with van der Waals surface area (Å²) in [5.74, 6) is 3.72. The molecule has 27 heavy (non-hydrogen) atoms.